The second-order valence-corrected chi connectivity index (χ2v) is 4.04. The molecule has 0 N–H and O–H groups in total. The Hall–Kier alpha value is -0.180. The van der Waals surface area contributed by atoms with Crippen LogP contribution in [0.3, 0.4) is 0 Å². The molecule has 3 heteroatoms. The van der Waals surface area contributed by atoms with Gasteiger partial charge in [-0.15, -0.1) is 0 Å². The van der Waals surface area contributed by atoms with Gasteiger partial charge in [0.05, 0.1) is 0 Å². The summed E-state index contributed by atoms with van der Waals surface area (Å²) < 4.78 is 4.85. The van der Waals surface area contributed by atoms with Crippen LogP contribution >= 0.6 is 12.6 Å². The molecular weight excluding hydrogens is 184 g/mol. The number of esters is 1. The molecule has 0 amide bonds. The van der Waals surface area contributed by atoms with Crippen molar-refractivity contribution in [2.24, 2.45) is 0 Å². The van der Waals surface area contributed by atoms with Gasteiger partial charge in [0.2, 0.25) is 0 Å². The number of rotatable bonds is 7. The Labute approximate surface area is 86.5 Å². The fraction of sp³-hybridized carbons (Fsp3) is 0.900. The van der Waals surface area contributed by atoms with Crippen LogP contribution in [-0.2, 0) is 9.53 Å². The van der Waals surface area contributed by atoms with Crippen LogP contribution in [0.1, 0.15) is 46.0 Å². The second-order valence-electron chi connectivity index (χ2n) is 3.31. The van der Waals surface area contributed by atoms with Gasteiger partial charge in [0.25, 0.3) is 0 Å². The van der Waals surface area contributed by atoms with Gasteiger partial charge in [0, 0.05) is 12.2 Å². The van der Waals surface area contributed by atoms with Crippen molar-refractivity contribution in [3.8, 4) is 0 Å². The Kier molecular flexibility index (Phi) is 8.30. The van der Waals surface area contributed by atoms with Crippen LogP contribution in [0.4, 0.5) is 0 Å². The van der Waals surface area contributed by atoms with E-state index in [0.29, 0.717) is 6.61 Å². The van der Waals surface area contributed by atoms with Gasteiger partial charge in [-0.3, -0.25) is 4.79 Å². The number of thiol groups is 1. The zero-order valence-corrected chi connectivity index (χ0v) is 9.48. The van der Waals surface area contributed by atoms with Gasteiger partial charge in [-0.2, -0.15) is 12.6 Å². The Morgan fingerprint density at radius 3 is 2.62 bits per heavy atom. The number of carbonyl (C=O) groups excluding carboxylic acids is 1. The minimum absolute atomic E-state index is 0.209. The summed E-state index contributed by atoms with van der Waals surface area (Å²) in [5.41, 5.74) is 0. The maximum atomic E-state index is 10.5. The van der Waals surface area contributed by atoms with Crippen molar-refractivity contribution in [3.63, 3.8) is 0 Å². The predicted molar refractivity (Wildman–Crippen MR) is 58.2 cm³/mol. The van der Waals surface area contributed by atoms with E-state index in [1.807, 2.05) is 0 Å². The SMILES string of the molecule is CCCCCCC(S)COC(C)=O. The van der Waals surface area contributed by atoms with Crippen LogP contribution in [0.25, 0.3) is 0 Å². The van der Waals surface area contributed by atoms with Crippen LogP contribution in [0, 0.1) is 0 Å². The lowest BCUT2D eigenvalue weighted by Crippen LogP contribution is -2.11. The summed E-state index contributed by atoms with van der Waals surface area (Å²) in [6.45, 7) is 4.07. The van der Waals surface area contributed by atoms with Crippen molar-refractivity contribution in [2.45, 2.75) is 51.2 Å². The van der Waals surface area contributed by atoms with Crippen LogP contribution in [0.2, 0.25) is 0 Å². The lowest BCUT2D eigenvalue weighted by atomic mass is 10.1. The van der Waals surface area contributed by atoms with E-state index in [-0.39, 0.29) is 11.2 Å². The van der Waals surface area contributed by atoms with Gasteiger partial charge in [0.1, 0.15) is 6.61 Å². The van der Waals surface area contributed by atoms with E-state index in [2.05, 4.69) is 19.6 Å². The van der Waals surface area contributed by atoms with Gasteiger partial charge in [0.15, 0.2) is 0 Å². The van der Waals surface area contributed by atoms with E-state index >= 15 is 0 Å². The Morgan fingerprint density at radius 2 is 2.08 bits per heavy atom. The van der Waals surface area contributed by atoms with Gasteiger partial charge in [-0.05, 0) is 6.42 Å². The Balaban J connectivity index is 3.19. The zero-order valence-electron chi connectivity index (χ0n) is 8.58. The largest absolute Gasteiger partial charge is 0.465 e. The number of carbonyl (C=O) groups is 1. The third kappa shape index (κ3) is 9.74. The number of hydrogen-bond donors (Lipinski definition) is 1. The summed E-state index contributed by atoms with van der Waals surface area (Å²) in [7, 11) is 0. The van der Waals surface area contributed by atoms with Crippen molar-refractivity contribution in [2.75, 3.05) is 6.61 Å². The summed E-state index contributed by atoms with van der Waals surface area (Å²) in [6.07, 6.45) is 6.02. The van der Waals surface area contributed by atoms with Gasteiger partial charge in [-0.25, -0.2) is 0 Å². The molecule has 0 heterocycles. The van der Waals surface area contributed by atoms with Crippen LogP contribution in [-0.4, -0.2) is 17.8 Å². The van der Waals surface area contributed by atoms with E-state index in [9.17, 15) is 4.79 Å². The summed E-state index contributed by atoms with van der Waals surface area (Å²) in [4.78, 5) is 10.5. The standard InChI is InChI=1S/C10H20O2S/c1-3-4-5-6-7-10(13)8-12-9(2)11/h10,13H,3-8H2,1-2H3. The molecule has 0 aromatic carbocycles. The van der Waals surface area contributed by atoms with E-state index in [0.717, 1.165) is 6.42 Å². The normalized spacial score (nSPS) is 12.5. The highest BCUT2D eigenvalue weighted by Gasteiger charge is 2.04. The van der Waals surface area contributed by atoms with Crippen LogP contribution in [0.5, 0.6) is 0 Å². The molecule has 0 aliphatic heterocycles. The molecule has 0 bridgehead atoms. The first-order valence-corrected chi connectivity index (χ1v) is 5.50. The fourth-order valence-corrected chi connectivity index (χ4v) is 1.36. The number of unbranched alkanes of at least 4 members (excludes halogenated alkanes) is 3. The van der Waals surface area contributed by atoms with E-state index in [4.69, 9.17) is 4.74 Å². The second kappa shape index (κ2) is 8.42. The van der Waals surface area contributed by atoms with Crippen molar-refractivity contribution in [3.05, 3.63) is 0 Å². The first-order valence-electron chi connectivity index (χ1n) is 4.98. The third-order valence-electron chi connectivity index (χ3n) is 1.87. The first-order chi connectivity index (χ1) is 6.16. The average molecular weight is 204 g/mol. The predicted octanol–water partition coefficient (Wildman–Crippen LogP) is 2.82. The molecule has 0 rings (SSSR count). The van der Waals surface area contributed by atoms with E-state index in [1.165, 1.54) is 32.6 Å². The minimum atomic E-state index is -0.215. The highest BCUT2D eigenvalue weighted by molar-refractivity contribution is 7.81. The van der Waals surface area contributed by atoms with Crippen molar-refractivity contribution in [1.29, 1.82) is 0 Å². The summed E-state index contributed by atoms with van der Waals surface area (Å²) >= 11 is 4.33. The molecule has 0 aliphatic rings. The summed E-state index contributed by atoms with van der Waals surface area (Å²) in [6, 6.07) is 0. The van der Waals surface area contributed by atoms with E-state index < -0.39 is 0 Å². The molecule has 0 spiro atoms. The van der Waals surface area contributed by atoms with Crippen LogP contribution in [0.15, 0.2) is 0 Å². The topological polar surface area (TPSA) is 26.3 Å². The zero-order chi connectivity index (χ0) is 10.1. The highest BCUT2D eigenvalue weighted by atomic mass is 32.1. The van der Waals surface area contributed by atoms with Gasteiger partial charge < -0.3 is 4.74 Å². The molecule has 0 radical (unpaired) electrons. The molecule has 2 nitrogen and oxygen atoms in total. The van der Waals surface area contributed by atoms with Gasteiger partial charge >= 0.3 is 5.97 Å². The molecule has 0 aromatic rings. The molecule has 78 valence electrons. The lowest BCUT2D eigenvalue weighted by molar-refractivity contribution is -0.140. The molecule has 1 unspecified atom stereocenters. The fourth-order valence-electron chi connectivity index (χ4n) is 1.10. The number of hydrogen-bond acceptors (Lipinski definition) is 3. The molecule has 0 saturated carbocycles. The van der Waals surface area contributed by atoms with Crippen molar-refractivity contribution in [1.82, 2.24) is 0 Å². The molecule has 0 aromatic heterocycles. The summed E-state index contributed by atoms with van der Waals surface area (Å²) in [5, 5.41) is 0.209. The highest BCUT2D eigenvalue weighted by Crippen LogP contribution is 2.10. The minimum Gasteiger partial charge on any atom is -0.465 e. The van der Waals surface area contributed by atoms with Crippen molar-refractivity contribution < 1.29 is 9.53 Å². The third-order valence-corrected chi connectivity index (χ3v) is 2.28. The smallest absolute Gasteiger partial charge is 0.302 e. The summed E-state index contributed by atoms with van der Waals surface area (Å²) in [5.74, 6) is -0.215. The quantitative estimate of drug-likeness (QED) is 0.392. The molecule has 0 aliphatic carbocycles. The van der Waals surface area contributed by atoms with E-state index in [1.54, 1.807) is 0 Å². The van der Waals surface area contributed by atoms with Gasteiger partial charge in [-0.1, -0.05) is 32.6 Å². The molecule has 1 atom stereocenters. The molecular formula is C10H20O2S. The maximum absolute atomic E-state index is 10.5. The maximum Gasteiger partial charge on any atom is 0.302 e. The Bertz CT molecular complexity index is 137. The Morgan fingerprint density at radius 1 is 1.38 bits per heavy atom. The lowest BCUT2D eigenvalue weighted by Gasteiger charge is -2.09. The van der Waals surface area contributed by atoms with Crippen molar-refractivity contribution >= 4 is 18.6 Å². The first kappa shape index (κ1) is 12.8. The number of ether oxygens (including phenoxy) is 1. The molecule has 0 fully saturated rings. The monoisotopic (exact) mass is 204 g/mol. The average Bonchev–Trinajstić information content (AvgIpc) is 2.09. The molecule has 13 heavy (non-hydrogen) atoms. The van der Waals surface area contributed by atoms with Crippen LogP contribution < -0.4 is 0 Å². The molecule has 0 saturated heterocycles.